The molecule has 0 bridgehead atoms. The number of hydrogen-bond donors (Lipinski definition) is 3. The summed E-state index contributed by atoms with van der Waals surface area (Å²) in [6.07, 6.45) is 3.81. The van der Waals surface area contributed by atoms with Gasteiger partial charge in [0.25, 0.3) is 0 Å². The van der Waals surface area contributed by atoms with Gasteiger partial charge in [-0.05, 0) is 33.3 Å². The summed E-state index contributed by atoms with van der Waals surface area (Å²) in [5.74, 6) is -0.0777. The van der Waals surface area contributed by atoms with Gasteiger partial charge >= 0.3 is 0 Å². The smallest absolute Gasteiger partial charge is 0.238 e. The van der Waals surface area contributed by atoms with Crippen molar-refractivity contribution in [2.75, 3.05) is 11.9 Å². The number of nitrogens with zero attached hydrogens (tertiary/aromatic N) is 3. The van der Waals surface area contributed by atoms with Crippen LogP contribution in [-0.4, -0.2) is 38.5 Å². The van der Waals surface area contributed by atoms with Gasteiger partial charge in [-0.2, -0.15) is 10.2 Å². The maximum Gasteiger partial charge on any atom is 0.238 e. The first-order valence-corrected chi connectivity index (χ1v) is 6.99. The topological polar surface area (TPSA) is 87.6 Å². The number of aromatic amines is 1. The van der Waals surface area contributed by atoms with E-state index in [2.05, 4.69) is 25.9 Å². The molecule has 1 atom stereocenters. The van der Waals surface area contributed by atoms with Crippen LogP contribution in [-0.2, 0) is 11.3 Å². The van der Waals surface area contributed by atoms with Crippen LogP contribution in [0.3, 0.4) is 0 Å². The molecule has 114 valence electrons. The highest BCUT2D eigenvalue weighted by Gasteiger charge is 2.11. The summed E-state index contributed by atoms with van der Waals surface area (Å²) in [5.41, 5.74) is 3.55. The number of anilines is 1. The molecule has 0 aromatic carbocycles. The number of amides is 1. The Morgan fingerprint density at radius 1 is 1.43 bits per heavy atom. The maximum atomic E-state index is 11.9. The average molecular weight is 290 g/mol. The molecule has 0 spiro atoms. The monoisotopic (exact) mass is 290 g/mol. The summed E-state index contributed by atoms with van der Waals surface area (Å²) in [4.78, 5) is 11.9. The van der Waals surface area contributed by atoms with Crippen molar-refractivity contribution in [2.45, 2.75) is 40.3 Å². The second-order valence-corrected chi connectivity index (χ2v) is 5.38. The molecule has 0 aliphatic rings. The molecule has 3 N–H and O–H groups in total. The third-order valence-electron chi connectivity index (χ3n) is 3.23. The lowest BCUT2D eigenvalue weighted by Gasteiger charge is -2.14. The zero-order chi connectivity index (χ0) is 15.4. The summed E-state index contributed by atoms with van der Waals surface area (Å²) in [6, 6.07) is 0.154. The summed E-state index contributed by atoms with van der Waals surface area (Å²) >= 11 is 0. The van der Waals surface area contributed by atoms with Crippen molar-refractivity contribution in [1.29, 1.82) is 0 Å². The molecule has 0 aliphatic heterocycles. The number of aromatic nitrogens is 4. The second-order valence-electron chi connectivity index (χ2n) is 5.38. The fraction of sp³-hybridized carbons (Fsp3) is 0.500. The first-order chi connectivity index (χ1) is 9.95. The second kappa shape index (κ2) is 6.53. The Morgan fingerprint density at radius 2 is 2.19 bits per heavy atom. The predicted octanol–water partition coefficient (Wildman–Crippen LogP) is 1.15. The van der Waals surface area contributed by atoms with Gasteiger partial charge in [-0.15, -0.1) is 0 Å². The summed E-state index contributed by atoms with van der Waals surface area (Å²) < 4.78 is 1.87. The lowest BCUT2D eigenvalue weighted by atomic mass is 10.3. The molecule has 0 aliphatic carbocycles. The molecule has 0 saturated carbocycles. The van der Waals surface area contributed by atoms with Crippen molar-refractivity contribution >= 4 is 11.6 Å². The summed E-state index contributed by atoms with van der Waals surface area (Å²) in [5, 5.41) is 17.2. The van der Waals surface area contributed by atoms with Crippen LogP contribution in [0.5, 0.6) is 0 Å². The van der Waals surface area contributed by atoms with Crippen molar-refractivity contribution in [2.24, 2.45) is 0 Å². The molecule has 1 amide bonds. The number of rotatable bonds is 6. The van der Waals surface area contributed by atoms with Crippen LogP contribution in [0.1, 0.15) is 23.9 Å². The molecule has 2 heterocycles. The molecule has 7 heteroatoms. The third-order valence-corrected chi connectivity index (χ3v) is 3.23. The van der Waals surface area contributed by atoms with Gasteiger partial charge in [0.1, 0.15) is 0 Å². The van der Waals surface area contributed by atoms with E-state index >= 15 is 0 Å². The van der Waals surface area contributed by atoms with Crippen molar-refractivity contribution in [1.82, 2.24) is 25.3 Å². The highest BCUT2D eigenvalue weighted by atomic mass is 16.1. The van der Waals surface area contributed by atoms with E-state index < -0.39 is 0 Å². The van der Waals surface area contributed by atoms with Crippen LogP contribution >= 0.6 is 0 Å². The number of H-pyrrole nitrogens is 1. The van der Waals surface area contributed by atoms with E-state index in [-0.39, 0.29) is 18.5 Å². The molecule has 0 fully saturated rings. The van der Waals surface area contributed by atoms with Crippen molar-refractivity contribution in [3.63, 3.8) is 0 Å². The molecule has 0 saturated heterocycles. The van der Waals surface area contributed by atoms with E-state index in [1.807, 2.05) is 44.8 Å². The molecule has 7 nitrogen and oxygen atoms in total. The van der Waals surface area contributed by atoms with E-state index in [0.29, 0.717) is 0 Å². The highest BCUT2D eigenvalue weighted by Crippen LogP contribution is 2.15. The minimum absolute atomic E-state index is 0.0777. The van der Waals surface area contributed by atoms with Gasteiger partial charge in [-0.1, -0.05) is 0 Å². The van der Waals surface area contributed by atoms with Gasteiger partial charge in [0.15, 0.2) is 0 Å². The van der Waals surface area contributed by atoms with Crippen LogP contribution in [0.25, 0.3) is 0 Å². The number of carbonyl (C=O) groups excluding carboxylic acids is 1. The number of aryl methyl sites for hydroxylation is 3. The zero-order valence-electron chi connectivity index (χ0n) is 12.9. The van der Waals surface area contributed by atoms with Crippen molar-refractivity contribution in [3.8, 4) is 0 Å². The number of hydrogen-bond acceptors (Lipinski definition) is 4. The minimum atomic E-state index is -0.0777. The molecule has 21 heavy (non-hydrogen) atoms. The van der Waals surface area contributed by atoms with Gasteiger partial charge in [-0.25, -0.2) is 0 Å². The van der Waals surface area contributed by atoms with E-state index in [9.17, 15) is 4.79 Å². The minimum Gasteiger partial charge on any atom is -0.322 e. The Morgan fingerprint density at radius 3 is 2.76 bits per heavy atom. The molecule has 2 rings (SSSR count). The Bertz CT molecular complexity index is 595. The Hall–Kier alpha value is -2.15. The standard InChI is InChI=1S/C14H22N6O/c1-9-5-16-20(7-9)8-10(2)15-6-13(21)17-14-11(3)18-19-12(14)4/h5,7,10,15H,6,8H2,1-4H3,(H,17,21)(H,18,19)/t10-/m0/s1. The maximum absolute atomic E-state index is 11.9. The summed E-state index contributed by atoms with van der Waals surface area (Å²) in [6.45, 7) is 8.75. The van der Waals surface area contributed by atoms with E-state index in [1.165, 1.54) is 0 Å². The Balaban J connectivity index is 1.78. The fourth-order valence-corrected chi connectivity index (χ4v) is 2.10. The fourth-order valence-electron chi connectivity index (χ4n) is 2.10. The van der Waals surface area contributed by atoms with E-state index in [1.54, 1.807) is 0 Å². The normalized spacial score (nSPS) is 12.4. The first-order valence-electron chi connectivity index (χ1n) is 6.99. The highest BCUT2D eigenvalue weighted by molar-refractivity contribution is 5.93. The van der Waals surface area contributed by atoms with Crippen LogP contribution in [0.4, 0.5) is 5.69 Å². The van der Waals surface area contributed by atoms with Crippen LogP contribution in [0.2, 0.25) is 0 Å². The first kappa shape index (κ1) is 15.2. The molecule has 2 aromatic rings. The lowest BCUT2D eigenvalue weighted by Crippen LogP contribution is -2.37. The van der Waals surface area contributed by atoms with Crippen LogP contribution in [0.15, 0.2) is 12.4 Å². The average Bonchev–Trinajstić information content (AvgIpc) is 2.97. The van der Waals surface area contributed by atoms with E-state index in [4.69, 9.17) is 0 Å². The predicted molar refractivity (Wildman–Crippen MR) is 81.1 cm³/mol. The number of nitrogens with one attached hydrogen (secondary N) is 3. The van der Waals surface area contributed by atoms with Gasteiger partial charge in [-0.3, -0.25) is 14.6 Å². The number of carbonyl (C=O) groups is 1. The zero-order valence-corrected chi connectivity index (χ0v) is 12.9. The van der Waals surface area contributed by atoms with Crippen LogP contribution in [0, 0.1) is 20.8 Å². The largest absolute Gasteiger partial charge is 0.322 e. The SMILES string of the molecule is Cc1cnn(C[C@H](C)NCC(=O)Nc2c(C)n[nH]c2C)c1. The molecular weight excluding hydrogens is 268 g/mol. The van der Waals surface area contributed by atoms with Gasteiger partial charge < -0.3 is 10.6 Å². The van der Waals surface area contributed by atoms with Crippen LogP contribution < -0.4 is 10.6 Å². The molecule has 0 unspecified atom stereocenters. The quantitative estimate of drug-likeness (QED) is 0.744. The lowest BCUT2D eigenvalue weighted by molar-refractivity contribution is -0.115. The van der Waals surface area contributed by atoms with Crippen molar-refractivity contribution in [3.05, 3.63) is 29.3 Å². The molecular formula is C14H22N6O. The Labute approximate surface area is 124 Å². The van der Waals surface area contributed by atoms with Gasteiger partial charge in [0.05, 0.1) is 36.4 Å². The molecule has 0 radical (unpaired) electrons. The molecule has 2 aromatic heterocycles. The Kier molecular flexibility index (Phi) is 4.74. The van der Waals surface area contributed by atoms with Crippen molar-refractivity contribution < 1.29 is 4.79 Å². The van der Waals surface area contributed by atoms with E-state index in [0.717, 1.165) is 29.2 Å². The third kappa shape index (κ3) is 4.16. The summed E-state index contributed by atoms with van der Waals surface area (Å²) in [7, 11) is 0. The van der Waals surface area contributed by atoms with Gasteiger partial charge in [0, 0.05) is 12.2 Å². The van der Waals surface area contributed by atoms with Gasteiger partial charge in [0.2, 0.25) is 5.91 Å².